The molecule has 0 saturated carbocycles. The third-order valence-corrected chi connectivity index (χ3v) is 5.45. The van der Waals surface area contributed by atoms with E-state index in [9.17, 15) is 4.79 Å². The van der Waals surface area contributed by atoms with Crippen molar-refractivity contribution in [3.63, 3.8) is 0 Å². The highest BCUT2D eigenvalue weighted by atomic mass is 32.1. The number of aryl methyl sites for hydroxylation is 1. The number of thiazole rings is 1. The molecule has 0 aliphatic carbocycles. The number of hydrogen-bond acceptors (Lipinski definition) is 4. The Kier molecular flexibility index (Phi) is 3.92. The van der Waals surface area contributed by atoms with Crippen LogP contribution in [0.15, 0.2) is 52.7 Å². The van der Waals surface area contributed by atoms with Crippen LogP contribution < -0.4 is 5.32 Å². The third-order valence-electron chi connectivity index (χ3n) is 3.87. The van der Waals surface area contributed by atoms with E-state index in [1.807, 2.05) is 35.0 Å². The number of nitrogens with zero attached hydrogens (tertiary/aromatic N) is 2. The Morgan fingerprint density at radius 3 is 2.96 bits per heavy atom. The van der Waals surface area contributed by atoms with Gasteiger partial charge in [0.15, 0.2) is 0 Å². The molecule has 1 aromatic carbocycles. The van der Waals surface area contributed by atoms with E-state index < -0.39 is 0 Å². The highest BCUT2D eigenvalue weighted by Gasteiger charge is 2.13. The number of nitrogens with one attached hydrogen (secondary N) is 1. The van der Waals surface area contributed by atoms with E-state index in [0.717, 1.165) is 28.2 Å². The van der Waals surface area contributed by atoms with Gasteiger partial charge in [0, 0.05) is 45.7 Å². The lowest BCUT2D eigenvalue weighted by Crippen LogP contribution is -2.12. The zero-order valence-electron chi connectivity index (χ0n) is 13.0. The zero-order valence-corrected chi connectivity index (χ0v) is 14.7. The summed E-state index contributed by atoms with van der Waals surface area (Å²) in [6.07, 6.45) is 2.06. The lowest BCUT2D eigenvalue weighted by Gasteiger charge is -2.05. The van der Waals surface area contributed by atoms with Crippen LogP contribution in [0.2, 0.25) is 0 Å². The van der Waals surface area contributed by atoms with Crippen molar-refractivity contribution < 1.29 is 4.79 Å². The normalized spacial score (nSPS) is 11.0. The van der Waals surface area contributed by atoms with E-state index in [0.29, 0.717) is 5.69 Å². The van der Waals surface area contributed by atoms with Crippen LogP contribution in [0.25, 0.3) is 21.5 Å². The van der Waals surface area contributed by atoms with E-state index in [1.54, 1.807) is 16.7 Å². The third kappa shape index (κ3) is 2.74. The van der Waals surface area contributed by atoms with Gasteiger partial charge in [-0.25, -0.2) is 4.98 Å². The molecular formula is C18H15N3OS2. The van der Waals surface area contributed by atoms with Crippen LogP contribution in [0.3, 0.4) is 0 Å². The Labute approximate surface area is 147 Å². The molecule has 24 heavy (non-hydrogen) atoms. The molecule has 0 fully saturated rings. The Bertz CT molecular complexity index is 999. The largest absolute Gasteiger partial charge is 0.348 e. The van der Waals surface area contributed by atoms with Crippen molar-refractivity contribution in [1.29, 1.82) is 0 Å². The van der Waals surface area contributed by atoms with Gasteiger partial charge in [-0.15, -0.1) is 11.3 Å². The van der Waals surface area contributed by atoms with Crippen LogP contribution in [-0.4, -0.2) is 15.5 Å². The van der Waals surface area contributed by atoms with Gasteiger partial charge in [-0.2, -0.15) is 11.3 Å². The molecule has 120 valence electrons. The van der Waals surface area contributed by atoms with E-state index >= 15 is 0 Å². The maximum atomic E-state index is 12.4. The second kappa shape index (κ2) is 6.22. The number of benzene rings is 1. The second-order valence-corrected chi connectivity index (χ2v) is 7.02. The van der Waals surface area contributed by atoms with Crippen LogP contribution in [0.5, 0.6) is 0 Å². The summed E-state index contributed by atoms with van der Waals surface area (Å²) < 4.78 is 2.18. The Balaban J connectivity index is 1.55. The molecule has 0 unspecified atom stereocenters. The molecule has 0 atom stereocenters. The van der Waals surface area contributed by atoms with Gasteiger partial charge in [0.2, 0.25) is 0 Å². The molecule has 0 bridgehead atoms. The summed E-state index contributed by atoms with van der Waals surface area (Å²) >= 11 is 3.11. The van der Waals surface area contributed by atoms with Crippen molar-refractivity contribution >= 4 is 45.2 Å². The number of amides is 1. The molecule has 4 aromatic rings. The maximum absolute atomic E-state index is 12.4. The lowest BCUT2D eigenvalue weighted by atomic mass is 10.2. The number of anilines is 1. The molecule has 3 aromatic heterocycles. The number of hydrogen-bond donors (Lipinski definition) is 1. The Hall–Kier alpha value is -2.44. The minimum absolute atomic E-state index is 0.179. The SMILES string of the molecule is CCn1ccc2cc(NC(=O)c3csc(-c4ccsc4)n3)ccc21. The number of fused-ring (bicyclic) bond motifs is 1. The van der Waals surface area contributed by atoms with Gasteiger partial charge < -0.3 is 9.88 Å². The molecule has 4 rings (SSSR count). The lowest BCUT2D eigenvalue weighted by molar-refractivity contribution is 0.102. The fourth-order valence-electron chi connectivity index (χ4n) is 2.65. The summed E-state index contributed by atoms with van der Waals surface area (Å²) in [7, 11) is 0. The van der Waals surface area contributed by atoms with Crippen molar-refractivity contribution in [1.82, 2.24) is 9.55 Å². The fraction of sp³-hybridized carbons (Fsp3) is 0.111. The standard InChI is InChI=1S/C18H15N3OS2/c1-2-21-7-5-12-9-14(3-4-16(12)21)19-17(22)15-11-24-18(20-15)13-6-8-23-10-13/h3-11H,2H2,1H3,(H,19,22). The molecule has 0 radical (unpaired) electrons. The first-order chi connectivity index (χ1) is 11.7. The predicted octanol–water partition coefficient (Wildman–Crippen LogP) is 5.10. The first kappa shape index (κ1) is 15.1. The molecule has 1 N–H and O–H groups in total. The summed E-state index contributed by atoms with van der Waals surface area (Å²) in [5, 5.41) is 10.8. The topological polar surface area (TPSA) is 46.9 Å². The number of rotatable bonds is 4. The van der Waals surface area contributed by atoms with Gasteiger partial charge in [0.25, 0.3) is 5.91 Å². The number of carbonyl (C=O) groups is 1. The van der Waals surface area contributed by atoms with Gasteiger partial charge in [-0.05, 0) is 42.6 Å². The number of carbonyl (C=O) groups excluding carboxylic acids is 1. The van der Waals surface area contributed by atoms with Crippen LogP contribution in [0.1, 0.15) is 17.4 Å². The summed E-state index contributed by atoms with van der Waals surface area (Å²) in [5.74, 6) is -0.179. The number of aromatic nitrogens is 2. The predicted molar refractivity (Wildman–Crippen MR) is 101 cm³/mol. The van der Waals surface area contributed by atoms with Crippen molar-refractivity contribution in [3.05, 3.63) is 58.4 Å². The molecule has 0 saturated heterocycles. The van der Waals surface area contributed by atoms with Crippen molar-refractivity contribution in [2.24, 2.45) is 0 Å². The second-order valence-electron chi connectivity index (χ2n) is 5.38. The van der Waals surface area contributed by atoms with Gasteiger partial charge in [-0.1, -0.05) is 0 Å². The Morgan fingerprint density at radius 2 is 2.17 bits per heavy atom. The van der Waals surface area contributed by atoms with Crippen molar-refractivity contribution in [3.8, 4) is 10.6 Å². The molecule has 0 spiro atoms. The molecule has 0 aliphatic rings. The smallest absolute Gasteiger partial charge is 0.275 e. The first-order valence-corrected chi connectivity index (χ1v) is 9.45. The summed E-state index contributed by atoms with van der Waals surface area (Å²) in [6.45, 7) is 3.04. The minimum Gasteiger partial charge on any atom is -0.348 e. The molecule has 6 heteroatoms. The summed E-state index contributed by atoms with van der Waals surface area (Å²) in [6, 6.07) is 10.0. The quantitative estimate of drug-likeness (QED) is 0.555. The first-order valence-electron chi connectivity index (χ1n) is 7.63. The summed E-state index contributed by atoms with van der Waals surface area (Å²) in [5.41, 5.74) is 3.47. The van der Waals surface area contributed by atoms with Crippen LogP contribution in [-0.2, 0) is 6.54 Å². The monoisotopic (exact) mass is 353 g/mol. The van der Waals surface area contributed by atoms with Crippen LogP contribution in [0.4, 0.5) is 5.69 Å². The van der Waals surface area contributed by atoms with Crippen molar-refractivity contribution in [2.45, 2.75) is 13.5 Å². The fourth-order valence-corrected chi connectivity index (χ4v) is 4.16. The van der Waals surface area contributed by atoms with E-state index in [2.05, 4.69) is 34.1 Å². The molecule has 1 amide bonds. The van der Waals surface area contributed by atoms with E-state index in [-0.39, 0.29) is 5.91 Å². The van der Waals surface area contributed by atoms with E-state index in [4.69, 9.17) is 0 Å². The highest BCUT2D eigenvalue weighted by Crippen LogP contribution is 2.26. The summed E-state index contributed by atoms with van der Waals surface area (Å²) in [4.78, 5) is 16.9. The van der Waals surface area contributed by atoms with E-state index in [1.165, 1.54) is 16.9 Å². The molecular weight excluding hydrogens is 338 g/mol. The van der Waals surface area contributed by atoms with Gasteiger partial charge in [0.1, 0.15) is 10.7 Å². The highest BCUT2D eigenvalue weighted by molar-refractivity contribution is 7.14. The zero-order chi connectivity index (χ0) is 16.5. The van der Waals surface area contributed by atoms with Gasteiger partial charge in [-0.3, -0.25) is 4.79 Å². The van der Waals surface area contributed by atoms with Crippen molar-refractivity contribution in [2.75, 3.05) is 5.32 Å². The average molecular weight is 353 g/mol. The van der Waals surface area contributed by atoms with Gasteiger partial charge >= 0.3 is 0 Å². The van der Waals surface area contributed by atoms with Crippen LogP contribution in [0, 0.1) is 0 Å². The maximum Gasteiger partial charge on any atom is 0.275 e. The Morgan fingerprint density at radius 1 is 1.25 bits per heavy atom. The molecule has 0 aliphatic heterocycles. The minimum atomic E-state index is -0.179. The average Bonchev–Trinajstić information content (AvgIpc) is 3.33. The molecule has 3 heterocycles. The van der Waals surface area contributed by atoms with Gasteiger partial charge in [0.05, 0.1) is 0 Å². The van der Waals surface area contributed by atoms with Crippen LogP contribution >= 0.6 is 22.7 Å². The number of thiophene rings is 1. The molecule has 4 nitrogen and oxygen atoms in total.